The zero-order valence-electron chi connectivity index (χ0n) is 12.7. The van der Waals surface area contributed by atoms with Crippen molar-refractivity contribution in [3.8, 4) is 0 Å². The highest BCUT2D eigenvalue weighted by atomic mass is 127. The molecule has 122 valence electrons. The molecule has 2 aromatic heterocycles. The van der Waals surface area contributed by atoms with Crippen molar-refractivity contribution >= 4 is 45.9 Å². The number of furan rings is 1. The average Bonchev–Trinajstić information content (AvgIpc) is 3.28. The summed E-state index contributed by atoms with van der Waals surface area (Å²) < 4.78 is 6.23. The van der Waals surface area contributed by atoms with Crippen molar-refractivity contribution in [2.45, 2.75) is 18.9 Å². The Bertz CT molecular complexity index is 660. The summed E-state index contributed by atoms with van der Waals surface area (Å²) >= 11 is 3.86. The monoisotopic (exact) mass is 442 g/mol. The van der Waals surface area contributed by atoms with Gasteiger partial charge in [-0.15, -0.1) is 11.3 Å². The summed E-state index contributed by atoms with van der Waals surface area (Å²) in [5.74, 6) is 0.607. The van der Waals surface area contributed by atoms with Gasteiger partial charge in [-0.1, -0.05) is 6.07 Å². The van der Waals surface area contributed by atoms with Crippen LogP contribution in [0.1, 0.15) is 29.5 Å². The molecule has 0 radical (unpaired) electrons. The number of likely N-dealkylation sites (tertiary alicyclic amines) is 1. The number of carbonyl (C=O) groups excluding carboxylic acids is 1. The predicted molar refractivity (Wildman–Crippen MR) is 101 cm³/mol. The van der Waals surface area contributed by atoms with E-state index in [0.717, 1.165) is 16.9 Å². The van der Waals surface area contributed by atoms with Gasteiger partial charge >= 0.3 is 0 Å². The second-order valence-electron chi connectivity index (χ2n) is 5.49. The summed E-state index contributed by atoms with van der Waals surface area (Å²) in [6.07, 6.45) is 5.72. The van der Waals surface area contributed by atoms with E-state index in [2.05, 4.69) is 50.3 Å². The molecule has 0 aromatic carbocycles. The number of halogens is 1. The van der Waals surface area contributed by atoms with E-state index in [1.54, 1.807) is 17.4 Å². The third-order valence-corrected chi connectivity index (χ3v) is 5.47. The lowest BCUT2D eigenvalue weighted by atomic mass is 10.2. The van der Waals surface area contributed by atoms with Gasteiger partial charge in [0.05, 0.1) is 6.04 Å². The Kier molecular flexibility index (Phi) is 5.91. The molecule has 1 unspecified atom stereocenters. The number of nitrogens with one attached hydrogen (secondary N) is 1. The number of rotatable bonds is 6. The van der Waals surface area contributed by atoms with Gasteiger partial charge in [-0.25, -0.2) is 0 Å². The van der Waals surface area contributed by atoms with Crippen LogP contribution < -0.4 is 5.32 Å². The molecule has 1 aliphatic heterocycles. The Balaban J connectivity index is 1.57. The van der Waals surface area contributed by atoms with Crippen LogP contribution in [-0.2, 0) is 4.79 Å². The van der Waals surface area contributed by atoms with E-state index in [9.17, 15) is 4.79 Å². The molecular weight excluding hydrogens is 423 g/mol. The standard InChI is InChI=1S/C17H19IN2O2S/c18-16-7-5-13(22-16)6-8-17(21)19-12-14(15-4-3-11-23-15)20-9-1-2-10-20/h3-8,11,14H,1-2,9-10,12H2,(H,19,21)/b8-6+. The highest BCUT2D eigenvalue weighted by molar-refractivity contribution is 14.1. The second-order valence-corrected chi connectivity index (χ2v) is 7.54. The normalized spacial score (nSPS) is 16.9. The fourth-order valence-corrected chi connectivity index (χ4v) is 4.07. The molecule has 0 spiro atoms. The van der Waals surface area contributed by atoms with E-state index in [1.807, 2.05) is 12.1 Å². The van der Waals surface area contributed by atoms with Crippen molar-refractivity contribution in [3.63, 3.8) is 0 Å². The molecule has 0 saturated carbocycles. The molecule has 0 aliphatic carbocycles. The molecule has 6 heteroatoms. The molecule has 0 bridgehead atoms. The molecule has 1 saturated heterocycles. The summed E-state index contributed by atoms with van der Waals surface area (Å²) in [6.45, 7) is 2.86. The Morgan fingerprint density at radius 2 is 2.22 bits per heavy atom. The summed E-state index contributed by atoms with van der Waals surface area (Å²) in [4.78, 5) is 15.8. The van der Waals surface area contributed by atoms with Crippen LogP contribution in [0.4, 0.5) is 0 Å². The van der Waals surface area contributed by atoms with Gasteiger partial charge in [0.2, 0.25) is 5.91 Å². The Morgan fingerprint density at radius 3 is 2.87 bits per heavy atom. The molecule has 1 atom stereocenters. The van der Waals surface area contributed by atoms with Crippen LogP contribution in [0.15, 0.2) is 40.1 Å². The summed E-state index contributed by atoms with van der Waals surface area (Å²) in [5, 5.41) is 5.12. The van der Waals surface area contributed by atoms with Crippen molar-refractivity contribution in [1.82, 2.24) is 10.2 Å². The van der Waals surface area contributed by atoms with E-state index >= 15 is 0 Å². The average molecular weight is 442 g/mol. The highest BCUT2D eigenvalue weighted by Crippen LogP contribution is 2.27. The molecular formula is C17H19IN2O2S. The van der Waals surface area contributed by atoms with Gasteiger partial charge in [0.1, 0.15) is 5.76 Å². The van der Waals surface area contributed by atoms with Crippen LogP contribution >= 0.6 is 33.9 Å². The van der Waals surface area contributed by atoms with Gasteiger partial charge in [0.25, 0.3) is 0 Å². The van der Waals surface area contributed by atoms with Crippen molar-refractivity contribution in [1.29, 1.82) is 0 Å². The van der Waals surface area contributed by atoms with Gasteiger partial charge in [0.15, 0.2) is 3.77 Å². The zero-order valence-corrected chi connectivity index (χ0v) is 15.7. The van der Waals surface area contributed by atoms with Crippen molar-refractivity contribution < 1.29 is 9.21 Å². The highest BCUT2D eigenvalue weighted by Gasteiger charge is 2.24. The van der Waals surface area contributed by atoms with E-state index in [4.69, 9.17) is 4.42 Å². The zero-order chi connectivity index (χ0) is 16.1. The molecule has 4 nitrogen and oxygen atoms in total. The molecule has 1 aliphatic rings. The SMILES string of the molecule is O=C(/C=C/c1ccc(I)o1)NCC(c1cccs1)N1CCCC1. The number of hydrogen-bond donors (Lipinski definition) is 1. The number of thiophene rings is 1. The minimum atomic E-state index is -0.0860. The van der Waals surface area contributed by atoms with Crippen LogP contribution in [0, 0.1) is 3.77 Å². The lowest BCUT2D eigenvalue weighted by molar-refractivity contribution is -0.116. The molecule has 3 heterocycles. The van der Waals surface area contributed by atoms with Crippen LogP contribution in [0.3, 0.4) is 0 Å². The van der Waals surface area contributed by atoms with Crippen LogP contribution in [0.25, 0.3) is 6.08 Å². The van der Waals surface area contributed by atoms with E-state index < -0.39 is 0 Å². The minimum absolute atomic E-state index is 0.0860. The quantitative estimate of drug-likeness (QED) is 0.545. The Morgan fingerprint density at radius 1 is 1.39 bits per heavy atom. The van der Waals surface area contributed by atoms with Gasteiger partial charge < -0.3 is 9.73 Å². The first-order valence-electron chi connectivity index (χ1n) is 7.71. The predicted octanol–water partition coefficient (Wildman–Crippen LogP) is 3.91. The Hall–Kier alpha value is -1.12. The van der Waals surface area contributed by atoms with E-state index in [0.29, 0.717) is 12.3 Å². The van der Waals surface area contributed by atoms with Gasteiger partial charge in [-0.2, -0.15) is 0 Å². The number of hydrogen-bond acceptors (Lipinski definition) is 4. The minimum Gasteiger partial charge on any atom is -0.451 e. The van der Waals surface area contributed by atoms with Gasteiger partial charge in [0, 0.05) is 17.5 Å². The largest absolute Gasteiger partial charge is 0.451 e. The smallest absolute Gasteiger partial charge is 0.244 e. The third kappa shape index (κ3) is 4.68. The third-order valence-electron chi connectivity index (χ3n) is 3.92. The molecule has 1 amide bonds. The lowest BCUT2D eigenvalue weighted by Crippen LogP contribution is -2.35. The summed E-state index contributed by atoms with van der Waals surface area (Å²) in [7, 11) is 0. The van der Waals surface area contributed by atoms with Crippen molar-refractivity contribution in [2.24, 2.45) is 0 Å². The van der Waals surface area contributed by atoms with Gasteiger partial charge in [-0.05, 0) is 78.2 Å². The number of carbonyl (C=O) groups is 1. The molecule has 1 N–H and O–H groups in total. The first kappa shape index (κ1) is 16.7. The fourth-order valence-electron chi connectivity index (χ4n) is 2.78. The van der Waals surface area contributed by atoms with Crippen LogP contribution in [0.2, 0.25) is 0 Å². The maximum atomic E-state index is 12.1. The summed E-state index contributed by atoms with van der Waals surface area (Å²) in [5.41, 5.74) is 0. The van der Waals surface area contributed by atoms with Gasteiger partial charge in [-0.3, -0.25) is 9.69 Å². The molecule has 2 aromatic rings. The maximum Gasteiger partial charge on any atom is 0.244 e. The molecule has 23 heavy (non-hydrogen) atoms. The lowest BCUT2D eigenvalue weighted by Gasteiger charge is -2.26. The Labute approximate surface area is 153 Å². The first-order valence-corrected chi connectivity index (χ1v) is 9.67. The number of amides is 1. The maximum absolute atomic E-state index is 12.1. The second kappa shape index (κ2) is 8.12. The van der Waals surface area contributed by atoms with Crippen molar-refractivity contribution in [3.05, 3.63) is 50.1 Å². The van der Waals surface area contributed by atoms with Crippen LogP contribution in [-0.4, -0.2) is 30.4 Å². The van der Waals surface area contributed by atoms with Crippen molar-refractivity contribution in [2.75, 3.05) is 19.6 Å². The van der Waals surface area contributed by atoms with E-state index in [-0.39, 0.29) is 11.9 Å². The fraction of sp³-hybridized carbons (Fsp3) is 0.353. The van der Waals surface area contributed by atoms with Crippen LogP contribution in [0.5, 0.6) is 0 Å². The molecule has 3 rings (SSSR count). The summed E-state index contributed by atoms with van der Waals surface area (Å²) in [6, 6.07) is 8.23. The van der Waals surface area contributed by atoms with E-state index in [1.165, 1.54) is 23.8 Å². The molecule has 1 fully saturated rings. The number of nitrogens with zero attached hydrogens (tertiary/aromatic N) is 1. The first-order chi connectivity index (χ1) is 11.2. The topological polar surface area (TPSA) is 45.5 Å².